The van der Waals surface area contributed by atoms with Crippen molar-refractivity contribution in [1.29, 1.82) is 0 Å². The fourth-order valence-electron chi connectivity index (χ4n) is 2.67. The molecule has 1 saturated heterocycles. The second-order valence-electron chi connectivity index (χ2n) is 5.21. The molecule has 0 aromatic rings. The molecule has 0 spiro atoms. The van der Waals surface area contributed by atoms with Gasteiger partial charge in [-0.1, -0.05) is 13.8 Å². The summed E-state index contributed by atoms with van der Waals surface area (Å²) in [5, 5.41) is 0. The molecule has 2 nitrogen and oxygen atoms in total. The molecule has 0 aromatic heterocycles. The van der Waals surface area contributed by atoms with E-state index in [1.807, 2.05) is 0 Å². The molecule has 2 heteroatoms. The zero-order valence-corrected chi connectivity index (χ0v) is 8.75. The van der Waals surface area contributed by atoms with E-state index in [9.17, 15) is 0 Å². The number of hydrogen-bond acceptors (Lipinski definition) is 2. The van der Waals surface area contributed by atoms with Crippen LogP contribution in [0.25, 0.3) is 0 Å². The minimum atomic E-state index is -0.00463. The molecule has 1 aliphatic heterocycles. The molecule has 2 atom stereocenters. The van der Waals surface area contributed by atoms with Gasteiger partial charge in [-0.15, -0.1) is 0 Å². The van der Waals surface area contributed by atoms with Crippen LogP contribution in [0.1, 0.15) is 39.5 Å². The Morgan fingerprint density at radius 1 is 1.46 bits per heavy atom. The van der Waals surface area contributed by atoms with Gasteiger partial charge in [-0.05, 0) is 37.5 Å². The first-order valence-corrected chi connectivity index (χ1v) is 5.52. The molecule has 0 amide bonds. The van der Waals surface area contributed by atoms with E-state index in [0.29, 0.717) is 12.0 Å². The maximum absolute atomic E-state index is 6.42. The van der Waals surface area contributed by atoms with Crippen molar-refractivity contribution in [1.82, 2.24) is 0 Å². The van der Waals surface area contributed by atoms with Crippen LogP contribution < -0.4 is 5.73 Å². The van der Waals surface area contributed by atoms with Crippen LogP contribution in [-0.2, 0) is 4.74 Å². The summed E-state index contributed by atoms with van der Waals surface area (Å²) in [5.41, 5.74) is 6.42. The van der Waals surface area contributed by atoms with Gasteiger partial charge in [0.15, 0.2) is 0 Å². The largest absolute Gasteiger partial charge is 0.376 e. The first-order valence-electron chi connectivity index (χ1n) is 5.52. The predicted octanol–water partition coefficient (Wildman–Crippen LogP) is 1.93. The Hall–Kier alpha value is -0.0800. The highest BCUT2D eigenvalue weighted by Crippen LogP contribution is 2.44. The summed E-state index contributed by atoms with van der Waals surface area (Å²) in [7, 11) is 0. The molecular weight excluding hydrogens is 162 g/mol. The number of ether oxygens (including phenoxy) is 1. The van der Waals surface area contributed by atoms with Gasteiger partial charge in [-0.2, -0.15) is 0 Å². The predicted molar refractivity (Wildman–Crippen MR) is 53.5 cm³/mol. The summed E-state index contributed by atoms with van der Waals surface area (Å²) in [5.74, 6) is 1.47. The van der Waals surface area contributed by atoms with Crippen LogP contribution in [0.15, 0.2) is 0 Å². The van der Waals surface area contributed by atoms with E-state index < -0.39 is 0 Å². The number of nitrogens with two attached hydrogens (primary N) is 1. The fourth-order valence-corrected chi connectivity index (χ4v) is 2.67. The van der Waals surface area contributed by atoms with Crippen molar-refractivity contribution < 1.29 is 4.74 Å². The molecule has 13 heavy (non-hydrogen) atoms. The molecule has 1 heterocycles. The van der Waals surface area contributed by atoms with Gasteiger partial charge in [0.1, 0.15) is 0 Å². The topological polar surface area (TPSA) is 35.2 Å². The van der Waals surface area contributed by atoms with E-state index in [4.69, 9.17) is 10.5 Å². The van der Waals surface area contributed by atoms with Gasteiger partial charge in [0.25, 0.3) is 0 Å². The molecule has 76 valence electrons. The summed E-state index contributed by atoms with van der Waals surface area (Å²) in [4.78, 5) is 0. The Morgan fingerprint density at radius 2 is 2.15 bits per heavy atom. The molecule has 2 unspecified atom stereocenters. The van der Waals surface area contributed by atoms with Gasteiger partial charge in [0.2, 0.25) is 0 Å². The molecule has 0 bridgehead atoms. The second kappa shape index (κ2) is 3.25. The quantitative estimate of drug-likeness (QED) is 0.725. The Bertz CT molecular complexity index is 189. The normalized spacial score (nSPS) is 40.2. The number of rotatable bonds is 3. The minimum Gasteiger partial charge on any atom is -0.376 e. The van der Waals surface area contributed by atoms with Crippen LogP contribution in [-0.4, -0.2) is 18.2 Å². The Morgan fingerprint density at radius 3 is 2.69 bits per heavy atom. The number of hydrogen-bond donors (Lipinski definition) is 1. The van der Waals surface area contributed by atoms with Crippen molar-refractivity contribution >= 4 is 0 Å². The standard InChI is InChI=1S/C11H21NO/c1-8(2)7-11(12)5-6-13-10(11)9-3-4-9/h8-10H,3-7,12H2,1-2H3. The molecule has 2 rings (SSSR count). The summed E-state index contributed by atoms with van der Waals surface area (Å²) in [6.45, 7) is 5.37. The van der Waals surface area contributed by atoms with Crippen LogP contribution in [0.2, 0.25) is 0 Å². The van der Waals surface area contributed by atoms with Crippen LogP contribution in [0.5, 0.6) is 0 Å². The van der Waals surface area contributed by atoms with Gasteiger partial charge in [-0.3, -0.25) is 0 Å². The third-order valence-electron chi connectivity index (χ3n) is 3.27. The monoisotopic (exact) mass is 183 g/mol. The first kappa shape index (κ1) is 9.47. The highest BCUT2D eigenvalue weighted by Gasteiger charge is 2.48. The Kier molecular flexibility index (Phi) is 2.37. The summed E-state index contributed by atoms with van der Waals surface area (Å²) in [6.07, 6.45) is 5.22. The van der Waals surface area contributed by atoms with Crippen molar-refractivity contribution in [3.05, 3.63) is 0 Å². The van der Waals surface area contributed by atoms with Gasteiger partial charge in [0, 0.05) is 12.1 Å². The van der Waals surface area contributed by atoms with E-state index in [-0.39, 0.29) is 5.54 Å². The van der Waals surface area contributed by atoms with Crippen LogP contribution in [0.4, 0.5) is 0 Å². The van der Waals surface area contributed by atoms with E-state index in [2.05, 4.69) is 13.8 Å². The van der Waals surface area contributed by atoms with E-state index >= 15 is 0 Å². The fraction of sp³-hybridized carbons (Fsp3) is 1.00. The van der Waals surface area contributed by atoms with E-state index in [1.54, 1.807) is 0 Å². The average Bonchev–Trinajstić information content (AvgIpc) is 2.75. The lowest BCUT2D eigenvalue weighted by atomic mass is 9.82. The van der Waals surface area contributed by atoms with E-state index in [0.717, 1.165) is 25.4 Å². The summed E-state index contributed by atoms with van der Waals surface area (Å²) in [6, 6.07) is 0. The lowest BCUT2D eigenvalue weighted by Crippen LogP contribution is -2.49. The molecule has 0 radical (unpaired) electrons. The third-order valence-corrected chi connectivity index (χ3v) is 3.27. The Balaban J connectivity index is 2.00. The van der Waals surface area contributed by atoms with Crippen molar-refractivity contribution in [3.8, 4) is 0 Å². The van der Waals surface area contributed by atoms with Crippen molar-refractivity contribution in [2.45, 2.75) is 51.2 Å². The zero-order valence-electron chi connectivity index (χ0n) is 8.75. The van der Waals surface area contributed by atoms with Crippen molar-refractivity contribution in [2.24, 2.45) is 17.6 Å². The summed E-state index contributed by atoms with van der Waals surface area (Å²) >= 11 is 0. The Labute approximate surface area is 80.8 Å². The van der Waals surface area contributed by atoms with Crippen LogP contribution in [0.3, 0.4) is 0 Å². The SMILES string of the molecule is CC(C)CC1(N)CCOC1C1CC1. The van der Waals surface area contributed by atoms with Crippen molar-refractivity contribution in [2.75, 3.05) is 6.61 Å². The molecule has 0 aromatic carbocycles. The van der Waals surface area contributed by atoms with Crippen LogP contribution in [0, 0.1) is 11.8 Å². The van der Waals surface area contributed by atoms with E-state index in [1.165, 1.54) is 12.8 Å². The van der Waals surface area contributed by atoms with Gasteiger partial charge < -0.3 is 10.5 Å². The maximum Gasteiger partial charge on any atom is 0.0783 e. The highest BCUT2D eigenvalue weighted by molar-refractivity contribution is 5.03. The minimum absolute atomic E-state index is 0.00463. The lowest BCUT2D eigenvalue weighted by Gasteiger charge is -2.31. The van der Waals surface area contributed by atoms with Crippen molar-refractivity contribution in [3.63, 3.8) is 0 Å². The van der Waals surface area contributed by atoms with Gasteiger partial charge in [-0.25, -0.2) is 0 Å². The molecule has 1 aliphatic carbocycles. The summed E-state index contributed by atoms with van der Waals surface area (Å²) < 4.78 is 5.77. The maximum atomic E-state index is 6.42. The average molecular weight is 183 g/mol. The third kappa shape index (κ3) is 1.89. The van der Waals surface area contributed by atoms with Gasteiger partial charge in [0.05, 0.1) is 6.10 Å². The lowest BCUT2D eigenvalue weighted by molar-refractivity contribution is 0.0565. The molecule has 2 aliphatic rings. The first-order chi connectivity index (χ1) is 6.12. The molecule has 2 N–H and O–H groups in total. The van der Waals surface area contributed by atoms with Crippen LogP contribution >= 0.6 is 0 Å². The molecular formula is C11H21NO. The smallest absolute Gasteiger partial charge is 0.0783 e. The zero-order chi connectivity index (χ0) is 9.47. The second-order valence-corrected chi connectivity index (χ2v) is 5.21. The molecule has 2 fully saturated rings. The highest BCUT2D eigenvalue weighted by atomic mass is 16.5. The van der Waals surface area contributed by atoms with Gasteiger partial charge >= 0.3 is 0 Å². The molecule has 1 saturated carbocycles.